The third-order valence-corrected chi connectivity index (χ3v) is 3.63. The van der Waals surface area contributed by atoms with Gasteiger partial charge in [-0.15, -0.1) is 0 Å². The van der Waals surface area contributed by atoms with E-state index in [1.165, 1.54) is 16.3 Å². The number of hydrogen-bond donors (Lipinski definition) is 0. The maximum Gasteiger partial charge on any atom is 0.124 e. The molecule has 0 atom stereocenters. The monoisotopic (exact) mass is 336 g/mol. The van der Waals surface area contributed by atoms with E-state index in [4.69, 9.17) is 9.47 Å². The molecule has 0 unspecified atom stereocenters. The van der Waals surface area contributed by atoms with Crippen molar-refractivity contribution in [2.75, 3.05) is 19.8 Å². The van der Waals surface area contributed by atoms with Crippen LogP contribution in [0.4, 0.5) is 0 Å². The molecule has 0 aromatic heterocycles. The Morgan fingerprint density at radius 1 is 1.05 bits per heavy atom. The quantitative estimate of drug-likeness (QED) is 0.534. The average Bonchev–Trinajstić information content (AvgIpc) is 2.46. The summed E-state index contributed by atoms with van der Waals surface area (Å²) in [4.78, 5) is 0. The lowest BCUT2D eigenvalue weighted by molar-refractivity contribution is 0.0817. The Morgan fingerprint density at radius 3 is 2.60 bits per heavy atom. The molecule has 0 bridgehead atoms. The van der Waals surface area contributed by atoms with Gasteiger partial charge in [0.25, 0.3) is 0 Å². The van der Waals surface area contributed by atoms with Crippen LogP contribution in [0, 0.1) is 5.92 Å². The van der Waals surface area contributed by atoms with Crippen molar-refractivity contribution >= 4 is 26.7 Å². The van der Waals surface area contributed by atoms with Gasteiger partial charge in [0.05, 0.1) is 6.61 Å². The second kappa shape index (κ2) is 7.65. The highest BCUT2D eigenvalue weighted by atomic mass is 79.9. The van der Waals surface area contributed by atoms with Crippen LogP contribution in [0.25, 0.3) is 10.8 Å². The van der Waals surface area contributed by atoms with Crippen LogP contribution < -0.4 is 4.74 Å². The highest BCUT2D eigenvalue weighted by Crippen LogP contribution is 2.29. The van der Waals surface area contributed by atoms with Gasteiger partial charge < -0.3 is 9.47 Å². The van der Waals surface area contributed by atoms with Crippen LogP contribution in [0.2, 0.25) is 0 Å². The molecule has 0 aliphatic carbocycles. The van der Waals surface area contributed by atoms with Gasteiger partial charge in [-0.25, -0.2) is 0 Å². The molecule has 0 N–H and O–H groups in total. The fourth-order valence-electron chi connectivity index (χ4n) is 2.12. The molecule has 2 aromatic rings. The van der Waals surface area contributed by atoms with Crippen molar-refractivity contribution in [1.82, 2.24) is 0 Å². The van der Waals surface area contributed by atoms with E-state index >= 15 is 0 Å². The van der Waals surface area contributed by atoms with Crippen molar-refractivity contribution in [3.63, 3.8) is 0 Å². The molecule has 0 aliphatic heterocycles. The predicted molar refractivity (Wildman–Crippen MR) is 87.7 cm³/mol. The molecule has 0 heterocycles. The summed E-state index contributed by atoms with van der Waals surface area (Å²) in [6.07, 6.45) is 0. The van der Waals surface area contributed by atoms with Gasteiger partial charge in [0, 0.05) is 17.5 Å². The summed E-state index contributed by atoms with van der Waals surface area (Å²) < 4.78 is 11.4. The number of hydrogen-bond acceptors (Lipinski definition) is 2. The molecule has 0 saturated heterocycles. The first-order valence-corrected chi connectivity index (χ1v) is 8.11. The minimum absolute atomic E-state index is 0.564. The summed E-state index contributed by atoms with van der Waals surface area (Å²) in [7, 11) is 0. The van der Waals surface area contributed by atoms with E-state index < -0.39 is 0 Å². The summed E-state index contributed by atoms with van der Waals surface area (Å²) >= 11 is 3.56. The molecule has 2 aromatic carbocycles. The maximum absolute atomic E-state index is 5.86. The summed E-state index contributed by atoms with van der Waals surface area (Å²) in [6.45, 7) is 6.30. The van der Waals surface area contributed by atoms with Crippen LogP contribution in [-0.2, 0) is 10.1 Å². The van der Waals surface area contributed by atoms with Gasteiger partial charge in [-0.2, -0.15) is 0 Å². The van der Waals surface area contributed by atoms with Gasteiger partial charge in [0.2, 0.25) is 0 Å². The maximum atomic E-state index is 5.86. The molecule has 0 saturated carbocycles. The Hall–Kier alpha value is -1.06. The minimum atomic E-state index is 0.564. The number of rotatable bonds is 7. The van der Waals surface area contributed by atoms with Gasteiger partial charge in [0.1, 0.15) is 12.4 Å². The fourth-order valence-corrected chi connectivity index (χ4v) is 2.70. The van der Waals surface area contributed by atoms with Crippen molar-refractivity contribution in [2.45, 2.75) is 19.2 Å². The topological polar surface area (TPSA) is 18.5 Å². The zero-order valence-electron chi connectivity index (χ0n) is 12.1. The smallest absolute Gasteiger partial charge is 0.124 e. The Bertz CT molecular complexity index is 552. The largest absolute Gasteiger partial charge is 0.491 e. The summed E-state index contributed by atoms with van der Waals surface area (Å²) in [5, 5.41) is 3.27. The Balaban J connectivity index is 2.02. The Labute approximate surface area is 129 Å². The molecule has 0 radical (unpaired) electrons. The second-order valence-corrected chi connectivity index (χ2v) is 5.77. The lowest BCUT2D eigenvalue weighted by Gasteiger charge is -2.13. The van der Waals surface area contributed by atoms with Crippen LogP contribution in [0.3, 0.4) is 0 Å². The van der Waals surface area contributed by atoms with Gasteiger partial charge in [0.15, 0.2) is 0 Å². The van der Waals surface area contributed by atoms with E-state index in [0.717, 1.165) is 17.7 Å². The zero-order valence-corrected chi connectivity index (χ0v) is 13.7. The first-order valence-electron chi connectivity index (χ1n) is 6.99. The third-order valence-electron chi connectivity index (χ3n) is 3.07. The van der Waals surface area contributed by atoms with Crippen LogP contribution >= 0.6 is 15.9 Å². The average molecular weight is 337 g/mol. The zero-order chi connectivity index (χ0) is 14.4. The SMILES string of the molecule is CC(C)COCCOc1ccc2ccccc2c1CBr. The van der Waals surface area contributed by atoms with Crippen LogP contribution in [-0.4, -0.2) is 19.8 Å². The van der Waals surface area contributed by atoms with E-state index in [1.807, 2.05) is 6.07 Å². The number of ether oxygens (including phenoxy) is 2. The number of alkyl halides is 1. The van der Waals surface area contributed by atoms with Gasteiger partial charge in [-0.3, -0.25) is 0 Å². The second-order valence-electron chi connectivity index (χ2n) is 5.21. The molecule has 2 nitrogen and oxygen atoms in total. The van der Waals surface area contributed by atoms with Crippen molar-refractivity contribution < 1.29 is 9.47 Å². The minimum Gasteiger partial charge on any atom is -0.491 e. The van der Waals surface area contributed by atoms with E-state index in [1.54, 1.807) is 0 Å². The molecular weight excluding hydrogens is 316 g/mol. The molecule has 0 aliphatic rings. The predicted octanol–water partition coefficient (Wildman–Crippen LogP) is 4.79. The first-order chi connectivity index (χ1) is 9.72. The first kappa shape index (κ1) is 15.3. The summed E-state index contributed by atoms with van der Waals surface area (Å²) in [6, 6.07) is 12.5. The molecule has 3 heteroatoms. The van der Waals surface area contributed by atoms with Crippen molar-refractivity contribution in [2.24, 2.45) is 5.92 Å². The normalized spacial score (nSPS) is 11.2. The molecule has 108 valence electrons. The lowest BCUT2D eigenvalue weighted by atomic mass is 10.0. The Morgan fingerprint density at radius 2 is 1.85 bits per heavy atom. The fraction of sp³-hybridized carbons (Fsp3) is 0.412. The molecular formula is C17H21BrO2. The molecule has 20 heavy (non-hydrogen) atoms. The molecule has 0 amide bonds. The molecule has 0 spiro atoms. The van der Waals surface area contributed by atoms with Crippen LogP contribution in [0.5, 0.6) is 5.75 Å². The number of fused-ring (bicyclic) bond motifs is 1. The third kappa shape index (κ3) is 3.97. The van der Waals surface area contributed by atoms with Crippen molar-refractivity contribution in [1.29, 1.82) is 0 Å². The lowest BCUT2D eigenvalue weighted by Crippen LogP contribution is -2.10. The Kier molecular flexibility index (Phi) is 5.86. The standard InChI is InChI=1S/C17H21BrO2/c1-13(2)12-19-9-10-20-17-8-7-14-5-3-4-6-15(14)16(17)11-18/h3-8,13H,9-12H2,1-2H3. The summed E-state index contributed by atoms with van der Waals surface area (Å²) in [5.41, 5.74) is 1.20. The van der Waals surface area contributed by atoms with Crippen LogP contribution in [0.15, 0.2) is 36.4 Å². The van der Waals surface area contributed by atoms with Crippen molar-refractivity contribution in [3.05, 3.63) is 42.0 Å². The van der Waals surface area contributed by atoms with Gasteiger partial charge >= 0.3 is 0 Å². The van der Waals surface area contributed by atoms with E-state index in [9.17, 15) is 0 Å². The van der Waals surface area contributed by atoms with Crippen molar-refractivity contribution in [3.8, 4) is 5.75 Å². The molecule has 0 fully saturated rings. The highest BCUT2D eigenvalue weighted by molar-refractivity contribution is 9.08. The van der Waals surface area contributed by atoms with Crippen LogP contribution in [0.1, 0.15) is 19.4 Å². The number of benzene rings is 2. The molecule has 2 rings (SSSR count). The number of halogens is 1. The van der Waals surface area contributed by atoms with E-state index in [-0.39, 0.29) is 0 Å². The van der Waals surface area contributed by atoms with E-state index in [2.05, 4.69) is 60.1 Å². The van der Waals surface area contributed by atoms with Gasteiger partial charge in [-0.1, -0.05) is 60.1 Å². The van der Waals surface area contributed by atoms with E-state index in [0.29, 0.717) is 19.1 Å². The van der Waals surface area contributed by atoms with Gasteiger partial charge in [-0.05, 0) is 22.8 Å². The highest BCUT2D eigenvalue weighted by Gasteiger charge is 2.07. The summed E-state index contributed by atoms with van der Waals surface area (Å²) in [5.74, 6) is 1.50.